The van der Waals surface area contributed by atoms with Gasteiger partial charge in [0.25, 0.3) is 0 Å². The second-order valence-corrected chi connectivity index (χ2v) is 4.40. The number of ether oxygens (including phenoxy) is 1. The fourth-order valence-electron chi connectivity index (χ4n) is 1.49. The van der Waals surface area contributed by atoms with Gasteiger partial charge in [-0.15, -0.1) is 0 Å². The molecule has 0 amide bonds. The zero-order valence-corrected chi connectivity index (χ0v) is 11.4. The number of carbonyl (C=O) groups is 1. The lowest BCUT2D eigenvalue weighted by atomic mass is 10.1. The number of hydrogen-bond donors (Lipinski definition) is 1. The first-order valence-corrected chi connectivity index (χ1v) is 6.59. The maximum Gasteiger partial charge on any atom is 0.333 e. The summed E-state index contributed by atoms with van der Waals surface area (Å²) in [6.45, 7) is 6.10. The molecule has 3 heteroatoms. The summed E-state index contributed by atoms with van der Waals surface area (Å²) in [6, 6.07) is 0. The number of carbonyl (C=O) groups excluding carboxylic acids is 1. The third kappa shape index (κ3) is 8.93. The Morgan fingerprint density at radius 3 is 2.53 bits per heavy atom. The summed E-state index contributed by atoms with van der Waals surface area (Å²) in [5.41, 5.74) is 0.633. The standard InChI is InChI=1S/C14H26O3/c1-4-6-7-9-13(15)10-8-11-17-14(16)12(3)5-2/h5,13,15H,4,6-11H2,1-3H3. The van der Waals surface area contributed by atoms with Crippen LogP contribution in [0.5, 0.6) is 0 Å². The van der Waals surface area contributed by atoms with E-state index in [1.165, 1.54) is 12.8 Å². The molecule has 0 aromatic carbocycles. The molecule has 0 aromatic heterocycles. The quantitative estimate of drug-likeness (QED) is 0.383. The molecule has 0 radical (unpaired) electrons. The highest BCUT2D eigenvalue weighted by atomic mass is 16.5. The Hall–Kier alpha value is -0.830. The Labute approximate surface area is 105 Å². The van der Waals surface area contributed by atoms with E-state index >= 15 is 0 Å². The van der Waals surface area contributed by atoms with E-state index < -0.39 is 0 Å². The molecule has 3 nitrogen and oxygen atoms in total. The first-order chi connectivity index (χ1) is 8.11. The van der Waals surface area contributed by atoms with Crippen LogP contribution in [-0.4, -0.2) is 23.8 Å². The summed E-state index contributed by atoms with van der Waals surface area (Å²) in [7, 11) is 0. The average Bonchev–Trinajstić information content (AvgIpc) is 2.33. The van der Waals surface area contributed by atoms with Crippen molar-refractivity contribution in [3.05, 3.63) is 11.6 Å². The molecule has 0 fully saturated rings. The molecule has 0 aliphatic heterocycles. The van der Waals surface area contributed by atoms with Crippen LogP contribution in [0.2, 0.25) is 0 Å². The van der Waals surface area contributed by atoms with Crippen LogP contribution in [0.4, 0.5) is 0 Å². The summed E-state index contributed by atoms with van der Waals surface area (Å²) >= 11 is 0. The van der Waals surface area contributed by atoms with E-state index in [1.807, 2.05) is 6.92 Å². The molecule has 100 valence electrons. The van der Waals surface area contributed by atoms with Gasteiger partial charge in [0.05, 0.1) is 12.7 Å². The van der Waals surface area contributed by atoms with Gasteiger partial charge in [-0.3, -0.25) is 0 Å². The second-order valence-electron chi connectivity index (χ2n) is 4.40. The van der Waals surface area contributed by atoms with Crippen molar-refractivity contribution in [3.63, 3.8) is 0 Å². The maximum atomic E-state index is 11.3. The third-order valence-electron chi connectivity index (χ3n) is 2.81. The molecule has 0 aliphatic rings. The van der Waals surface area contributed by atoms with Crippen LogP contribution in [0.1, 0.15) is 59.3 Å². The molecule has 0 rings (SSSR count). The Balaban J connectivity index is 3.47. The molecule has 0 aliphatic carbocycles. The minimum absolute atomic E-state index is 0.247. The average molecular weight is 242 g/mol. The molecule has 1 unspecified atom stereocenters. The summed E-state index contributed by atoms with van der Waals surface area (Å²) in [4.78, 5) is 11.3. The molecule has 0 heterocycles. The van der Waals surface area contributed by atoms with Crippen LogP contribution in [0.25, 0.3) is 0 Å². The van der Waals surface area contributed by atoms with Crippen LogP contribution < -0.4 is 0 Å². The summed E-state index contributed by atoms with van der Waals surface area (Å²) < 4.78 is 5.05. The topological polar surface area (TPSA) is 46.5 Å². The minimum atomic E-state index is -0.257. The number of esters is 1. The predicted molar refractivity (Wildman–Crippen MR) is 69.8 cm³/mol. The zero-order valence-electron chi connectivity index (χ0n) is 11.4. The highest BCUT2D eigenvalue weighted by molar-refractivity contribution is 5.87. The van der Waals surface area contributed by atoms with Crippen molar-refractivity contribution in [3.8, 4) is 0 Å². The van der Waals surface area contributed by atoms with E-state index in [-0.39, 0.29) is 12.1 Å². The number of rotatable bonds is 9. The molecule has 0 spiro atoms. The van der Waals surface area contributed by atoms with Crippen molar-refractivity contribution in [1.82, 2.24) is 0 Å². The highest BCUT2D eigenvalue weighted by Crippen LogP contribution is 2.08. The van der Waals surface area contributed by atoms with Crippen molar-refractivity contribution < 1.29 is 14.6 Å². The molecule has 0 saturated carbocycles. The van der Waals surface area contributed by atoms with E-state index in [0.717, 1.165) is 19.3 Å². The van der Waals surface area contributed by atoms with Gasteiger partial charge < -0.3 is 9.84 Å². The number of aliphatic hydroxyl groups excluding tert-OH is 1. The number of hydrogen-bond acceptors (Lipinski definition) is 3. The lowest BCUT2D eigenvalue weighted by molar-refractivity contribution is -0.139. The summed E-state index contributed by atoms with van der Waals surface area (Å²) in [6.07, 6.45) is 7.22. The Morgan fingerprint density at radius 2 is 1.94 bits per heavy atom. The summed E-state index contributed by atoms with van der Waals surface area (Å²) in [5.74, 6) is -0.257. The first kappa shape index (κ1) is 16.2. The maximum absolute atomic E-state index is 11.3. The van der Waals surface area contributed by atoms with Gasteiger partial charge in [-0.05, 0) is 33.1 Å². The summed E-state index contributed by atoms with van der Waals surface area (Å²) in [5, 5.41) is 9.64. The van der Waals surface area contributed by atoms with Crippen molar-refractivity contribution in [2.45, 2.75) is 65.4 Å². The van der Waals surface area contributed by atoms with Gasteiger partial charge in [0.1, 0.15) is 0 Å². The normalized spacial score (nSPS) is 13.5. The van der Waals surface area contributed by atoms with Gasteiger partial charge in [0, 0.05) is 5.57 Å². The lowest BCUT2D eigenvalue weighted by Gasteiger charge is -2.10. The fraction of sp³-hybridized carbons (Fsp3) is 0.786. The Morgan fingerprint density at radius 1 is 1.29 bits per heavy atom. The smallest absolute Gasteiger partial charge is 0.333 e. The largest absolute Gasteiger partial charge is 0.462 e. The van der Waals surface area contributed by atoms with E-state index in [0.29, 0.717) is 18.6 Å². The van der Waals surface area contributed by atoms with Crippen molar-refractivity contribution in [2.75, 3.05) is 6.61 Å². The van der Waals surface area contributed by atoms with Crippen molar-refractivity contribution in [1.29, 1.82) is 0 Å². The van der Waals surface area contributed by atoms with Crippen LogP contribution in [0.15, 0.2) is 11.6 Å². The van der Waals surface area contributed by atoms with Crippen LogP contribution >= 0.6 is 0 Å². The third-order valence-corrected chi connectivity index (χ3v) is 2.81. The predicted octanol–water partition coefficient (Wildman–Crippen LogP) is 3.22. The molecule has 0 bridgehead atoms. The van der Waals surface area contributed by atoms with E-state index in [2.05, 4.69) is 6.92 Å². The van der Waals surface area contributed by atoms with Gasteiger partial charge in [-0.1, -0.05) is 32.3 Å². The molecular weight excluding hydrogens is 216 g/mol. The molecule has 0 aromatic rings. The number of unbranched alkanes of at least 4 members (excludes halogenated alkanes) is 2. The molecule has 1 N–H and O–H groups in total. The zero-order chi connectivity index (χ0) is 13.1. The lowest BCUT2D eigenvalue weighted by Crippen LogP contribution is -2.11. The number of allylic oxidation sites excluding steroid dienone is 1. The molecule has 1 atom stereocenters. The SMILES string of the molecule is CC=C(C)C(=O)OCCCC(O)CCCCC. The Kier molecular flexibility index (Phi) is 9.83. The monoisotopic (exact) mass is 242 g/mol. The molecule has 17 heavy (non-hydrogen) atoms. The van der Waals surface area contributed by atoms with E-state index in [9.17, 15) is 9.90 Å². The first-order valence-electron chi connectivity index (χ1n) is 6.59. The van der Waals surface area contributed by atoms with Gasteiger partial charge in [0.2, 0.25) is 0 Å². The van der Waals surface area contributed by atoms with Crippen molar-refractivity contribution in [2.24, 2.45) is 0 Å². The van der Waals surface area contributed by atoms with Gasteiger partial charge >= 0.3 is 5.97 Å². The van der Waals surface area contributed by atoms with Crippen LogP contribution in [0.3, 0.4) is 0 Å². The molecular formula is C14H26O3. The van der Waals surface area contributed by atoms with Crippen molar-refractivity contribution >= 4 is 5.97 Å². The highest BCUT2D eigenvalue weighted by Gasteiger charge is 2.06. The van der Waals surface area contributed by atoms with Gasteiger partial charge in [0.15, 0.2) is 0 Å². The number of aliphatic hydroxyl groups is 1. The van der Waals surface area contributed by atoms with Gasteiger partial charge in [-0.2, -0.15) is 0 Å². The van der Waals surface area contributed by atoms with E-state index in [4.69, 9.17) is 4.74 Å². The fourth-order valence-corrected chi connectivity index (χ4v) is 1.49. The Bertz CT molecular complexity index is 234. The van der Waals surface area contributed by atoms with E-state index in [1.54, 1.807) is 13.0 Å². The molecule has 0 saturated heterocycles. The second kappa shape index (κ2) is 10.3. The van der Waals surface area contributed by atoms with Crippen LogP contribution in [-0.2, 0) is 9.53 Å². The van der Waals surface area contributed by atoms with Gasteiger partial charge in [-0.25, -0.2) is 4.79 Å². The van der Waals surface area contributed by atoms with Crippen LogP contribution in [0, 0.1) is 0 Å². The minimum Gasteiger partial charge on any atom is -0.462 e.